The molecule has 144 valence electrons. The van der Waals surface area contributed by atoms with Gasteiger partial charge >= 0.3 is 0 Å². The number of hydrogen-bond acceptors (Lipinski definition) is 3. The number of likely N-dealkylation sites (tertiary alicyclic amines) is 1. The van der Waals surface area contributed by atoms with Crippen LogP contribution < -0.4 is 0 Å². The van der Waals surface area contributed by atoms with Crippen LogP contribution >= 0.6 is 11.6 Å². The second-order valence-electron chi connectivity index (χ2n) is 6.83. The van der Waals surface area contributed by atoms with Gasteiger partial charge in [0.05, 0.1) is 11.6 Å². The second kappa shape index (κ2) is 7.94. The molecular weight excluding hydrogens is 386 g/mol. The highest BCUT2D eigenvalue weighted by atomic mass is 35.5. The topological polar surface area (TPSA) is 57.6 Å². The number of rotatable bonds is 4. The number of aliphatic hydroxyl groups excluding tert-OH is 1. The molecule has 29 heavy (non-hydrogen) atoms. The van der Waals surface area contributed by atoms with E-state index < -0.39 is 17.7 Å². The third-order valence-electron chi connectivity index (χ3n) is 4.97. The molecule has 1 atom stereocenters. The Labute approximate surface area is 173 Å². The first-order valence-corrected chi connectivity index (χ1v) is 9.57. The molecule has 1 saturated heterocycles. The number of carbonyl (C=O) groups excluding carboxylic acids is 2. The molecule has 4 nitrogen and oxygen atoms in total. The fraction of sp³-hybridized carbons (Fsp3) is 0.0833. The predicted molar refractivity (Wildman–Crippen MR) is 112 cm³/mol. The van der Waals surface area contributed by atoms with E-state index in [1.807, 2.05) is 60.7 Å². The molecule has 1 aliphatic heterocycles. The number of hydrogen-bond donors (Lipinski definition) is 1. The van der Waals surface area contributed by atoms with Crippen molar-refractivity contribution in [3.63, 3.8) is 0 Å². The van der Waals surface area contributed by atoms with Gasteiger partial charge in [0.15, 0.2) is 0 Å². The van der Waals surface area contributed by atoms with Crippen molar-refractivity contribution < 1.29 is 14.7 Å². The quantitative estimate of drug-likeness (QED) is 0.380. The third-order valence-corrected chi connectivity index (χ3v) is 5.22. The highest BCUT2D eigenvalue weighted by Gasteiger charge is 2.45. The summed E-state index contributed by atoms with van der Waals surface area (Å²) in [6.07, 6.45) is 0. The number of ketones is 1. The number of Topliss-reactive ketones (excluding diaryl/α,β-unsaturated/α-hetero) is 1. The number of nitrogens with zero attached hydrogens (tertiary/aromatic N) is 1. The maximum Gasteiger partial charge on any atom is 0.295 e. The van der Waals surface area contributed by atoms with Crippen LogP contribution in [0.4, 0.5) is 0 Å². The molecule has 0 aromatic heterocycles. The van der Waals surface area contributed by atoms with Crippen molar-refractivity contribution in [2.45, 2.75) is 12.6 Å². The first-order chi connectivity index (χ1) is 14.1. The molecule has 0 radical (unpaired) electrons. The normalized spacial score (nSPS) is 18.2. The van der Waals surface area contributed by atoms with Gasteiger partial charge in [-0.2, -0.15) is 0 Å². The summed E-state index contributed by atoms with van der Waals surface area (Å²) in [5.74, 6) is -1.52. The Morgan fingerprint density at radius 1 is 0.862 bits per heavy atom. The summed E-state index contributed by atoms with van der Waals surface area (Å²) in [6.45, 7) is 0.266. The minimum absolute atomic E-state index is 0.0828. The number of carbonyl (C=O) groups is 2. The lowest BCUT2D eigenvalue weighted by Crippen LogP contribution is -2.29. The van der Waals surface area contributed by atoms with Crippen LogP contribution in [0.2, 0.25) is 5.02 Å². The highest BCUT2D eigenvalue weighted by Crippen LogP contribution is 2.40. The molecule has 4 rings (SSSR count). The largest absolute Gasteiger partial charge is 0.507 e. The molecule has 1 fully saturated rings. The van der Waals surface area contributed by atoms with Crippen molar-refractivity contribution in [2.24, 2.45) is 0 Å². The summed E-state index contributed by atoms with van der Waals surface area (Å²) >= 11 is 5.94. The SMILES string of the molecule is O=C1C(=O)N(Cc2ccccc2)C(c2ccccc2)/C1=C(\O)c1ccc(Cl)cc1. The Morgan fingerprint density at radius 3 is 2.07 bits per heavy atom. The molecule has 3 aromatic rings. The number of benzene rings is 3. The van der Waals surface area contributed by atoms with Crippen molar-refractivity contribution in [2.75, 3.05) is 0 Å². The first kappa shape index (κ1) is 19.0. The Hall–Kier alpha value is -3.37. The van der Waals surface area contributed by atoms with E-state index in [1.165, 1.54) is 4.90 Å². The third kappa shape index (κ3) is 3.67. The molecule has 3 aromatic carbocycles. The molecule has 1 amide bonds. The molecular formula is C24H18ClNO3. The molecule has 1 aliphatic rings. The van der Waals surface area contributed by atoms with E-state index in [4.69, 9.17) is 11.6 Å². The molecule has 0 bridgehead atoms. The molecule has 0 aliphatic carbocycles. The van der Waals surface area contributed by atoms with E-state index in [2.05, 4.69) is 0 Å². The summed E-state index contributed by atoms with van der Waals surface area (Å²) in [5, 5.41) is 11.5. The monoisotopic (exact) mass is 403 g/mol. The Balaban J connectivity index is 1.85. The van der Waals surface area contributed by atoms with Gasteiger partial charge in [-0.25, -0.2) is 0 Å². The zero-order valence-electron chi connectivity index (χ0n) is 15.5. The van der Waals surface area contributed by atoms with Crippen LogP contribution in [0.5, 0.6) is 0 Å². The van der Waals surface area contributed by atoms with Gasteiger partial charge < -0.3 is 10.0 Å². The average Bonchev–Trinajstić information content (AvgIpc) is 3.00. The van der Waals surface area contributed by atoms with Gasteiger partial charge in [-0.05, 0) is 35.4 Å². The van der Waals surface area contributed by atoms with Crippen LogP contribution in [0.3, 0.4) is 0 Å². The van der Waals surface area contributed by atoms with Crippen LogP contribution in [0.1, 0.15) is 22.7 Å². The van der Waals surface area contributed by atoms with Crippen LogP contribution in [0, 0.1) is 0 Å². The van der Waals surface area contributed by atoms with Gasteiger partial charge in [0, 0.05) is 17.1 Å². The average molecular weight is 404 g/mol. The number of amides is 1. The van der Waals surface area contributed by atoms with E-state index in [0.717, 1.165) is 11.1 Å². The number of aliphatic hydroxyl groups is 1. The lowest BCUT2D eigenvalue weighted by atomic mass is 9.95. The van der Waals surface area contributed by atoms with E-state index in [-0.39, 0.29) is 17.9 Å². The number of halogens is 1. The molecule has 1 N–H and O–H groups in total. The van der Waals surface area contributed by atoms with Gasteiger partial charge in [0.1, 0.15) is 5.76 Å². The molecule has 0 spiro atoms. The molecule has 1 heterocycles. The van der Waals surface area contributed by atoms with Gasteiger partial charge in [-0.1, -0.05) is 72.3 Å². The Kier molecular flexibility index (Phi) is 5.19. The summed E-state index contributed by atoms with van der Waals surface area (Å²) in [5.41, 5.74) is 2.19. The van der Waals surface area contributed by atoms with Crippen molar-refractivity contribution in [3.8, 4) is 0 Å². The van der Waals surface area contributed by atoms with Crippen LogP contribution in [0.15, 0.2) is 90.5 Å². The van der Waals surface area contributed by atoms with E-state index in [1.54, 1.807) is 24.3 Å². The summed E-state index contributed by atoms with van der Waals surface area (Å²) < 4.78 is 0. The van der Waals surface area contributed by atoms with E-state index >= 15 is 0 Å². The first-order valence-electron chi connectivity index (χ1n) is 9.19. The van der Waals surface area contributed by atoms with Crippen LogP contribution in [-0.4, -0.2) is 21.7 Å². The van der Waals surface area contributed by atoms with E-state index in [0.29, 0.717) is 10.6 Å². The zero-order chi connectivity index (χ0) is 20.4. The van der Waals surface area contributed by atoms with Crippen LogP contribution in [-0.2, 0) is 16.1 Å². The minimum Gasteiger partial charge on any atom is -0.507 e. The van der Waals surface area contributed by atoms with Crippen LogP contribution in [0.25, 0.3) is 5.76 Å². The van der Waals surface area contributed by atoms with E-state index in [9.17, 15) is 14.7 Å². The Morgan fingerprint density at radius 2 is 1.45 bits per heavy atom. The van der Waals surface area contributed by atoms with Gasteiger partial charge in [0.25, 0.3) is 11.7 Å². The van der Waals surface area contributed by atoms with Gasteiger partial charge in [-0.15, -0.1) is 0 Å². The minimum atomic E-state index is -0.692. The maximum atomic E-state index is 12.9. The highest BCUT2D eigenvalue weighted by molar-refractivity contribution is 6.46. The second-order valence-corrected chi connectivity index (χ2v) is 7.27. The standard InChI is InChI=1S/C24H18ClNO3/c25-19-13-11-18(12-14-19)22(27)20-21(17-9-5-2-6-10-17)26(24(29)23(20)28)15-16-7-3-1-4-8-16/h1-14,21,27H,15H2/b22-20+. The smallest absolute Gasteiger partial charge is 0.295 e. The van der Waals surface area contributed by atoms with Crippen molar-refractivity contribution in [1.29, 1.82) is 0 Å². The summed E-state index contributed by atoms with van der Waals surface area (Å²) in [4.78, 5) is 27.3. The lowest BCUT2D eigenvalue weighted by molar-refractivity contribution is -0.140. The zero-order valence-corrected chi connectivity index (χ0v) is 16.2. The summed E-state index contributed by atoms with van der Waals surface area (Å²) in [6, 6.07) is 24.6. The van der Waals surface area contributed by atoms with Gasteiger partial charge in [0.2, 0.25) is 0 Å². The molecule has 5 heteroatoms. The molecule has 0 saturated carbocycles. The Bertz CT molecular complexity index is 1080. The summed E-state index contributed by atoms with van der Waals surface area (Å²) in [7, 11) is 0. The van der Waals surface area contributed by atoms with Crippen molar-refractivity contribution in [1.82, 2.24) is 4.90 Å². The predicted octanol–water partition coefficient (Wildman–Crippen LogP) is 4.96. The maximum absolute atomic E-state index is 12.9. The fourth-order valence-electron chi connectivity index (χ4n) is 3.57. The van der Waals surface area contributed by atoms with Crippen molar-refractivity contribution >= 4 is 29.1 Å². The van der Waals surface area contributed by atoms with Gasteiger partial charge in [-0.3, -0.25) is 9.59 Å². The lowest BCUT2D eigenvalue weighted by Gasteiger charge is -2.25. The molecule has 1 unspecified atom stereocenters. The van der Waals surface area contributed by atoms with Crippen molar-refractivity contribution in [3.05, 3.63) is 112 Å². The fourth-order valence-corrected chi connectivity index (χ4v) is 3.69.